The molecule has 0 saturated heterocycles. The maximum atomic E-state index is 11.5. The van der Waals surface area contributed by atoms with Crippen LogP contribution in [-0.2, 0) is 17.6 Å². The summed E-state index contributed by atoms with van der Waals surface area (Å²) >= 11 is 8.08. The molecule has 3 N–H and O–H groups in total. The third kappa shape index (κ3) is 15.2. The van der Waals surface area contributed by atoms with Crippen LogP contribution in [0.5, 0.6) is 0 Å². The topological polar surface area (TPSA) is 76.2 Å². The molecule has 304 valence electrons. The minimum Gasteiger partial charge on any atom is -0.481 e. The number of carbonyl (C=O) groups is 1. The van der Waals surface area contributed by atoms with Gasteiger partial charge in [-0.2, -0.15) is 11.8 Å². The fourth-order valence-electron chi connectivity index (χ4n) is 6.81. The van der Waals surface area contributed by atoms with Gasteiger partial charge in [0.05, 0.1) is 17.6 Å². The monoisotopic (exact) mass is 820 g/mol. The number of pyridine rings is 1. The average molecular weight is 822 g/mol. The summed E-state index contributed by atoms with van der Waals surface area (Å²) in [5, 5.41) is 11.4. The smallest absolute Gasteiger partial charge is 0.303 e. The van der Waals surface area contributed by atoms with Gasteiger partial charge in [-0.25, -0.2) is 4.98 Å². The Morgan fingerprint density at radius 3 is 2.19 bits per heavy atom. The first kappa shape index (κ1) is 44.9. The number of aromatic nitrogens is 1. The summed E-state index contributed by atoms with van der Waals surface area (Å²) in [5.41, 5.74) is 15.9. The normalized spacial score (nSPS) is 13.6. The number of benzene rings is 5. The fraction of sp³-hybridized carbons (Fsp3) is 0.245. The number of nitrogens with zero attached hydrogens (tertiary/aromatic N) is 1. The summed E-state index contributed by atoms with van der Waals surface area (Å²) in [5.74, 6) is 0.178. The lowest BCUT2D eigenvalue weighted by Gasteiger charge is -2.21. The zero-order valence-corrected chi connectivity index (χ0v) is 36.0. The fourth-order valence-corrected chi connectivity index (χ4v) is 8.54. The first-order chi connectivity index (χ1) is 28.5. The van der Waals surface area contributed by atoms with Crippen molar-refractivity contribution in [2.45, 2.75) is 70.1 Å². The van der Waals surface area contributed by atoms with E-state index in [1.807, 2.05) is 91.5 Å². The molecule has 6 heteroatoms. The molecule has 5 aromatic carbocycles. The Morgan fingerprint density at radius 1 is 0.847 bits per heavy atom. The lowest BCUT2D eigenvalue weighted by molar-refractivity contribution is -0.138. The molecule has 1 heterocycles. The summed E-state index contributed by atoms with van der Waals surface area (Å²) < 4.78 is 0. The van der Waals surface area contributed by atoms with E-state index in [1.54, 1.807) is 0 Å². The molecule has 0 spiro atoms. The quantitative estimate of drug-likeness (QED) is 0.102. The summed E-state index contributed by atoms with van der Waals surface area (Å²) in [4.78, 5) is 16.2. The second kappa shape index (κ2) is 22.8. The van der Waals surface area contributed by atoms with E-state index in [0.717, 1.165) is 72.0 Å². The minimum absolute atomic E-state index is 0.0491. The molecule has 7 rings (SSSR count). The molecule has 1 aromatic heterocycles. The van der Waals surface area contributed by atoms with E-state index in [2.05, 4.69) is 105 Å². The minimum atomic E-state index is -0.693. The van der Waals surface area contributed by atoms with E-state index in [1.165, 1.54) is 27.8 Å². The van der Waals surface area contributed by atoms with E-state index < -0.39 is 5.97 Å². The van der Waals surface area contributed by atoms with Gasteiger partial charge < -0.3 is 10.8 Å². The highest BCUT2D eigenvalue weighted by Crippen LogP contribution is 2.53. The zero-order valence-electron chi connectivity index (χ0n) is 34.4. The van der Waals surface area contributed by atoms with Crippen LogP contribution in [0.3, 0.4) is 0 Å². The highest BCUT2D eigenvalue weighted by molar-refractivity contribution is 7.99. The van der Waals surface area contributed by atoms with Gasteiger partial charge in [-0.1, -0.05) is 164 Å². The first-order valence-electron chi connectivity index (χ1n) is 20.4. The van der Waals surface area contributed by atoms with Crippen LogP contribution in [0.1, 0.15) is 90.3 Å². The van der Waals surface area contributed by atoms with Crippen molar-refractivity contribution in [1.29, 1.82) is 0 Å². The van der Waals surface area contributed by atoms with Gasteiger partial charge in [-0.05, 0) is 115 Å². The molecule has 2 atom stereocenters. The van der Waals surface area contributed by atoms with Gasteiger partial charge in [-0.15, -0.1) is 0 Å². The van der Waals surface area contributed by atoms with Crippen molar-refractivity contribution < 1.29 is 9.90 Å². The van der Waals surface area contributed by atoms with Gasteiger partial charge in [0.25, 0.3) is 0 Å². The molecule has 0 bridgehead atoms. The molecule has 59 heavy (non-hydrogen) atoms. The van der Waals surface area contributed by atoms with Crippen molar-refractivity contribution in [2.24, 2.45) is 11.1 Å². The Balaban J connectivity index is 0.000000284. The number of fused-ring (bicyclic) bond motifs is 1. The van der Waals surface area contributed by atoms with Crippen LogP contribution in [-0.4, -0.2) is 27.9 Å². The number of allylic oxidation sites excluding steroid dienone is 1. The molecule has 1 saturated carbocycles. The van der Waals surface area contributed by atoms with Crippen LogP contribution >= 0.6 is 23.4 Å². The molecule has 1 aliphatic carbocycles. The highest BCUT2D eigenvalue weighted by Gasteiger charge is 2.44. The number of thioether (sulfide) groups is 1. The Kier molecular flexibility index (Phi) is 17.4. The maximum absolute atomic E-state index is 11.5. The van der Waals surface area contributed by atoms with Gasteiger partial charge in [0.2, 0.25) is 0 Å². The molecular weight excluding hydrogens is 764 g/mol. The van der Waals surface area contributed by atoms with E-state index >= 15 is 0 Å². The van der Waals surface area contributed by atoms with Crippen molar-refractivity contribution in [3.63, 3.8) is 0 Å². The standard InChI is InChI=1S/C35H34ClNO2S.C10H15N.C8H8/c1-24(2)31-9-4-3-7-26(31)13-17-33(40-23-35(18-19-35)22-34(38)39)28-8-5-6-25(20-28)10-15-30-16-12-27-11-14-29(36)21-32(27)37-30;1-9(11)7-8-10-5-3-2-4-6-10;1-2-8-6-4-3-5-7-8/h3-12,14-16,20-21,33H,1,13,17-19,22-23H2,2H3,(H,38,39);2-6,9H,7-8,11H2,1H3;2-7H,1H2/b15-10+;;/t33-;;/m1../s1. The van der Waals surface area contributed by atoms with Crippen LogP contribution < -0.4 is 5.73 Å². The maximum Gasteiger partial charge on any atom is 0.303 e. The number of carboxylic acids is 1. The van der Waals surface area contributed by atoms with Crippen LogP contribution in [0, 0.1) is 5.41 Å². The zero-order chi connectivity index (χ0) is 42.0. The van der Waals surface area contributed by atoms with Crippen LogP contribution in [0.4, 0.5) is 0 Å². The molecule has 0 amide bonds. The predicted molar refractivity (Wildman–Crippen MR) is 256 cm³/mol. The number of aliphatic carboxylic acids is 1. The largest absolute Gasteiger partial charge is 0.481 e. The lowest BCUT2D eigenvalue weighted by Crippen LogP contribution is -2.15. The number of aryl methyl sites for hydroxylation is 2. The lowest BCUT2D eigenvalue weighted by atomic mass is 9.96. The van der Waals surface area contributed by atoms with Crippen LogP contribution in [0.25, 0.3) is 34.7 Å². The van der Waals surface area contributed by atoms with Gasteiger partial charge >= 0.3 is 5.97 Å². The molecular formula is C53H57ClN2O2S. The number of carboxylic acid groups (broad SMARTS) is 1. The Labute approximate surface area is 361 Å². The second-order valence-electron chi connectivity index (χ2n) is 15.5. The molecule has 4 nitrogen and oxygen atoms in total. The summed E-state index contributed by atoms with van der Waals surface area (Å²) in [6, 6.07) is 47.8. The van der Waals surface area contributed by atoms with Gasteiger partial charge in [-0.3, -0.25) is 4.79 Å². The second-order valence-corrected chi connectivity index (χ2v) is 17.2. The van der Waals surface area contributed by atoms with Crippen LogP contribution in [0.2, 0.25) is 5.02 Å². The SMILES string of the molecule is C=C(C)c1ccccc1CC[C@@H](SCC1(CC(=O)O)CC1)c1cccc(/C=C/c2ccc3ccc(Cl)cc3n2)c1.C=Cc1ccccc1.CC(N)CCc1ccccc1. The van der Waals surface area contributed by atoms with E-state index in [-0.39, 0.29) is 17.1 Å². The number of nitrogens with two attached hydrogens (primary N) is 1. The molecule has 0 aliphatic heterocycles. The van der Waals surface area contributed by atoms with Crippen molar-refractivity contribution in [3.05, 3.63) is 197 Å². The molecule has 1 fully saturated rings. The first-order valence-corrected chi connectivity index (χ1v) is 21.8. The molecule has 1 aliphatic rings. The average Bonchev–Trinajstić information content (AvgIpc) is 4.01. The van der Waals surface area contributed by atoms with Crippen molar-refractivity contribution in [3.8, 4) is 0 Å². The van der Waals surface area contributed by atoms with Crippen molar-refractivity contribution in [2.75, 3.05) is 5.75 Å². The summed E-state index contributed by atoms with van der Waals surface area (Å²) in [7, 11) is 0. The molecule has 6 aromatic rings. The Bertz CT molecular complexity index is 2300. The highest BCUT2D eigenvalue weighted by atomic mass is 35.5. The predicted octanol–water partition coefficient (Wildman–Crippen LogP) is 14.0. The Morgan fingerprint density at radius 2 is 1.53 bits per heavy atom. The number of rotatable bonds is 16. The van der Waals surface area contributed by atoms with Gasteiger partial charge in [0.15, 0.2) is 0 Å². The van der Waals surface area contributed by atoms with E-state index in [4.69, 9.17) is 22.3 Å². The number of halogens is 1. The molecule has 0 radical (unpaired) electrons. The summed E-state index contributed by atoms with van der Waals surface area (Å²) in [6.45, 7) is 11.9. The summed E-state index contributed by atoms with van der Waals surface area (Å²) in [6.07, 6.45) is 12.3. The number of hydrogen-bond acceptors (Lipinski definition) is 4. The van der Waals surface area contributed by atoms with Crippen molar-refractivity contribution >= 4 is 64.0 Å². The number of hydrogen-bond donors (Lipinski definition) is 2. The van der Waals surface area contributed by atoms with Gasteiger partial charge in [0, 0.05) is 27.5 Å². The van der Waals surface area contributed by atoms with E-state index in [0.29, 0.717) is 11.1 Å². The van der Waals surface area contributed by atoms with Crippen LogP contribution in [0.15, 0.2) is 153 Å². The Hall–Kier alpha value is -5.20. The third-order valence-corrected chi connectivity index (χ3v) is 12.3. The molecule has 1 unspecified atom stereocenters. The van der Waals surface area contributed by atoms with Crippen molar-refractivity contribution in [1.82, 2.24) is 4.98 Å². The van der Waals surface area contributed by atoms with Gasteiger partial charge in [0.1, 0.15) is 0 Å². The van der Waals surface area contributed by atoms with E-state index in [9.17, 15) is 9.90 Å². The third-order valence-electron chi connectivity index (χ3n) is 10.4.